The van der Waals surface area contributed by atoms with E-state index in [1.54, 1.807) is 12.4 Å². The van der Waals surface area contributed by atoms with Gasteiger partial charge in [0.05, 0.1) is 5.71 Å². The van der Waals surface area contributed by atoms with Crippen LogP contribution in [0.25, 0.3) is 0 Å². The molecule has 1 fully saturated rings. The van der Waals surface area contributed by atoms with Gasteiger partial charge in [-0.05, 0) is 12.1 Å². The van der Waals surface area contributed by atoms with Crippen LogP contribution >= 0.6 is 0 Å². The highest BCUT2D eigenvalue weighted by Gasteiger charge is 2.44. The van der Waals surface area contributed by atoms with Crippen LogP contribution < -0.4 is 0 Å². The Morgan fingerprint density at radius 2 is 2.20 bits per heavy atom. The molecular weight excluding hydrogens is 278 g/mol. The first kappa shape index (κ1) is 13.7. The fourth-order valence-electron chi connectivity index (χ4n) is 2.70. The summed E-state index contributed by atoms with van der Waals surface area (Å²) < 4.78 is 24.6. The monoisotopic (exact) mass is 295 g/mol. The molecule has 0 aliphatic carbocycles. The van der Waals surface area contributed by atoms with Crippen LogP contribution in [-0.2, 0) is 19.4 Å². The van der Waals surface area contributed by atoms with Crippen molar-refractivity contribution in [3.63, 3.8) is 0 Å². The molecule has 0 amide bonds. The zero-order chi connectivity index (χ0) is 14.2. The topological polar surface area (TPSA) is 77.9 Å². The first-order valence-electron chi connectivity index (χ1n) is 6.59. The molecule has 20 heavy (non-hydrogen) atoms. The van der Waals surface area contributed by atoms with Crippen molar-refractivity contribution < 1.29 is 13.6 Å². The highest BCUT2D eigenvalue weighted by atomic mass is 32.3. The molecule has 0 saturated carbocycles. The summed E-state index contributed by atoms with van der Waals surface area (Å²) in [6.45, 7) is 0.989. The van der Waals surface area contributed by atoms with Crippen molar-refractivity contribution >= 4 is 16.1 Å². The minimum Gasteiger partial charge on any atom is -0.598 e. The van der Waals surface area contributed by atoms with Crippen LogP contribution in [0.4, 0.5) is 0 Å². The molecular formula is C13H17N3O3S. The molecule has 3 rings (SSSR count). The van der Waals surface area contributed by atoms with Gasteiger partial charge in [0, 0.05) is 50.3 Å². The van der Waals surface area contributed by atoms with Crippen LogP contribution in [0.1, 0.15) is 24.8 Å². The quantitative estimate of drug-likeness (QED) is 0.768. The fraction of sp³-hybridized carbons (Fsp3) is 0.538. The van der Waals surface area contributed by atoms with Crippen LogP contribution in [0.2, 0.25) is 0 Å². The summed E-state index contributed by atoms with van der Waals surface area (Å²) in [7, 11) is -3.11. The van der Waals surface area contributed by atoms with Crippen molar-refractivity contribution in [1.82, 2.24) is 9.29 Å². The molecule has 1 unspecified atom stereocenters. The number of sulfonamides is 1. The second-order valence-corrected chi connectivity index (χ2v) is 7.38. The normalized spacial score (nSPS) is 25.0. The molecule has 2 aliphatic heterocycles. The van der Waals surface area contributed by atoms with Crippen molar-refractivity contribution in [2.45, 2.75) is 24.9 Å². The average molecular weight is 295 g/mol. The van der Waals surface area contributed by atoms with Gasteiger partial charge in [-0.1, -0.05) is 9.36 Å². The Morgan fingerprint density at radius 1 is 1.45 bits per heavy atom. The fourth-order valence-corrected chi connectivity index (χ4v) is 3.55. The maximum Gasteiger partial charge on any atom is 0.146 e. The Kier molecular flexibility index (Phi) is 3.35. The third-order valence-electron chi connectivity index (χ3n) is 3.94. The molecule has 1 aromatic rings. The first-order chi connectivity index (χ1) is 9.49. The van der Waals surface area contributed by atoms with Crippen LogP contribution in [0.3, 0.4) is 0 Å². The van der Waals surface area contributed by atoms with E-state index in [0.29, 0.717) is 25.9 Å². The van der Waals surface area contributed by atoms with Crippen LogP contribution in [0, 0.1) is 0 Å². The molecule has 0 radical (unpaired) electrons. The predicted molar refractivity (Wildman–Crippen MR) is 74.8 cm³/mol. The Morgan fingerprint density at radius 3 is 2.80 bits per heavy atom. The summed E-state index contributed by atoms with van der Waals surface area (Å²) >= 11 is 0. The number of rotatable bonds is 2. The molecule has 1 saturated heterocycles. The van der Waals surface area contributed by atoms with E-state index in [1.165, 1.54) is 10.6 Å². The van der Waals surface area contributed by atoms with Crippen molar-refractivity contribution in [2.75, 3.05) is 19.3 Å². The zero-order valence-electron chi connectivity index (χ0n) is 11.3. The lowest BCUT2D eigenvalue weighted by Gasteiger charge is -2.36. The molecule has 0 N–H and O–H groups in total. The highest BCUT2D eigenvalue weighted by molar-refractivity contribution is 7.94. The number of nitrogens with zero attached hydrogens (tertiary/aromatic N) is 3. The lowest BCUT2D eigenvalue weighted by atomic mass is 9.86. The molecule has 0 bridgehead atoms. The van der Waals surface area contributed by atoms with Gasteiger partial charge in [0.25, 0.3) is 0 Å². The summed E-state index contributed by atoms with van der Waals surface area (Å²) in [4.78, 5) is 9.73. The number of aromatic nitrogens is 1. The van der Waals surface area contributed by atoms with E-state index in [1.807, 2.05) is 12.1 Å². The summed E-state index contributed by atoms with van der Waals surface area (Å²) in [5, 5.41) is 4.18. The summed E-state index contributed by atoms with van der Waals surface area (Å²) in [6.07, 6.45) is 6.81. The van der Waals surface area contributed by atoms with Crippen molar-refractivity contribution in [3.8, 4) is 0 Å². The lowest BCUT2D eigenvalue weighted by molar-refractivity contribution is -0.0512. The minimum atomic E-state index is -3.11. The smallest absolute Gasteiger partial charge is 0.146 e. The third-order valence-corrected chi connectivity index (χ3v) is 5.24. The number of hydrogen-bond donors (Lipinski definition) is 0. The van der Waals surface area contributed by atoms with Gasteiger partial charge in [-0.2, -0.15) is 0 Å². The average Bonchev–Trinajstić information content (AvgIpc) is 2.83. The van der Waals surface area contributed by atoms with Crippen LogP contribution in [0.15, 0.2) is 29.7 Å². The van der Waals surface area contributed by atoms with Crippen molar-refractivity contribution in [2.24, 2.45) is 5.16 Å². The number of oxime groups is 1. The molecule has 2 aliphatic rings. The third kappa shape index (κ3) is 2.61. The van der Waals surface area contributed by atoms with E-state index >= 15 is 0 Å². The van der Waals surface area contributed by atoms with Crippen molar-refractivity contribution in [1.29, 1.82) is 0 Å². The second kappa shape index (κ2) is 4.91. The maximum absolute atomic E-state index is 11.5. The van der Waals surface area contributed by atoms with Crippen molar-refractivity contribution in [3.05, 3.63) is 30.1 Å². The van der Waals surface area contributed by atoms with Gasteiger partial charge in [-0.25, -0.2) is 0 Å². The Labute approximate surface area is 119 Å². The predicted octanol–water partition coefficient (Wildman–Crippen LogP) is 1.22. The molecule has 6 nitrogen and oxygen atoms in total. The van der Waals surface area contributed by atoms with E-state index in [0.717, 1.165) is 17.7 Å². The Bertz CT molecular complexity index is 561. The minimum absolute atomic E-state index is 0.341. The van der Waals surface area contributed by atoms with E-state index in [-0.39, 0.29) is 5.60 Å². The molecule has 1 aromatic heterocycles. The summed E-state index contributed by atoms with van der Waals surface area (Å²) in [5.41, 5.74) is 1.52. The lowest BCUT2D eigenvalue weighted by Crippen LogP contribution is -2.48. The largest absolute Gasteiger partial charge is 0.598 e. The van der Waals surface area contributed by atoms with Crippen LogP contribution in [0.5, 0.6) is 0 Å². The van der Waals surface area contributed by atoms with Gasteiger partial charge in [0.1, 0.15) is 22.3 Å². The summed E-state index contributed by atoms with van der Waals surface area (Å²) in [6, 6.07) is 3.83. The van der Waals surface area contributed by atoms with Gasteiger partial charge in [0.15, 0.2) is 0 Å². The zero-order valence-corrected chi connectivity index (χ0v) is 12.1. The first-order valence-corrected chi connectivity index (χ1v) is 8.44. The SMILES string of the molecule is C[S+](=O)([O-])N1CCC2(CC1)CC(c1cccnc1)=NO2. The number of hydrogen-bond acceptors (Lipinski definition) is 5. The van der Waals surface area contributed by atoms with Gasteiger partial charge < -0.3 is 9.39 Å². The van der Waals surface area contributed by atoms with Gasteiger partial charge in [0.2, 0.25) is 0 Å². The van der Waals surface area contributed by atoms with E-state index < -0.39 is 10.4 Å². The number of pyridine rings is 1. The van der Waals surface area contributed by atoms with Gasteiger partial charge in [-0.15, -0.1) is 4.31 Å². The van der Waals surface area contributed by atoms with Gasteiger partial charge in [-0.3, -0.25) is 4.98 Å². The maximum atomic E-state index is 11.5. The molecule has 108 valence electrons. The molecule has 1 atom stereocenters. The highest BCUT2D eigenvalue weighted by Crippen LogP contribution is 2.36. The molecule has 7 heteroatoms. The summed E-state index contributed by atoms with van der Waals surface area (Å²) in [5.74, 6) is 0. The standard InChI is InChI=1S/C13H17N3O3S/c1-20(17,18)16-7-4-13(5-8-16)9-12(15-19-13)11-3-2-6-14-10-11/h2-3,6,10H,4-5,7-9H2,1H3. The second-order valence-electron chi connectivity index (χ2n) is 5.39. The van der Waals surface area contributed by atoms with E-state index in [2.05, 4.69) is 10.1 Å². The van der Waals surface area contributed by atoms with E-state index in [4.69, 9.17) is 4.84 Å². The Balaban J connectivity index is 1.67. The molecule has 1 spiro atoms. The molecule has 3 heterocycles. The van der Waals surface area contributed by atoms with Gasteiger partial charge >= 0.3 is 0 Å². The van der Waals surface area contributed by atoms with E-state index in [9.17, 15) is 8.76 Å². The number of piperidine rings is 1. The Hall–Kier alpha value is -1.31. The molecule has 0 aromatic carbocycles. The van der Waals surface area contributed by atoms with Crippen LogP contribution in [-0.4, -0.2) is 44.5 Å².